The Hall–Kier alpha value is -4.56. The number of nitrogens with one attached hydrogen (secondary N) is 1. The van der Waals surface area contributed by atoms with E-state index in [0.717, 1.165) is 16.3 Å². The Labute approximate surface area is 192 Å². The molecule has 0 aliphatic heterocycles. The number of allylic oxidation sites excluding steroid dienone is 1. The first kappa shape index (κ1) is 21.7. The van der Waals surface area contributed by atoms with Gasteiger partial charge in [0.1, 0.15) is 0 Å². The molecule has 0 fully saturated rings. The van der Waals surface area contributed by atoms with Crippen LogP contribution >= 0.6 is 0 Å². The van der Waals surface area contributed by atoms with Gasteiger partial charge in [-0.3, -0.25) is 4.79 Å². The molecule has 4 rings (SSSR count). The number of hydrogen-bond acceptors (Lipinski definition) is 4. The summed E-state index contributed by atoms with van der Waals surface area (Å²) in [6.07, 6.45) is 1.75. The fourth-order valence-corrected chi connectivity index (χ4v) is 3.51. The molecule has 5 heteroatoms. The van der Waals surface area contributed by atoms with Crippen LogP contribution in [0.15, 0.2) is 91.0 Å². The van der Waals surface area contributed by atoms with Crippen LogP contribution in [0.2, 0.25) is 0 Å². The number of methoxy groups -OCH3 is 1. The van der Waals surface area contributed by atoms with Gasteiger partial charge in [0.2, 0.25) is 0 Å². The number of rotatable bonds is 7. The van der Waals surface area contributed by atoms with Crippen molar-refractivity contribution in [2.45, 2.75) is 0 Å². The van der Waals surface area contributed by atoms with Crippen molar-refractivity contribution in [1.82, 2.24) is 0 Å². The Bertz CT molecular complexity index is 1350. The first-order chi connectivity index (χ1) is 16.2. The number of nitrogens with zero attached hydrogens (tertiary/aromatic N) is 1. The lowest BCUT2D eigenvalue weighted by molar-refractivity contribution is -0.118. The van der Waals surface area contributed by atoms with E-state index in [1.807, 2.05) is 72.8 Å². The number of carbonyl (C=O) groups is 1. The van der Waals surface area contributed by atoms with Crippen LogP contribution in [-0.2, 0) is 4.79 Å². The number of ether oxygens (including phenoxy) is 2. The van der Waals surface area contributed by atoms with Crippen molar-refractivity contribution in [3.05, 3.63) is 102 Å². The van der Waals surface area contributed by atoms with Crippen molar-refractivity contribution in [1.29, 1.82) is 5.26 Å². The molecular formula is C28H22N2O3. The molecule has 162 valence electrons. The van der Waals surface area contributed by atoms with Crippen LogP contribution in [0, 0.1) is 11.3 Å². The van der Waals surface area contributed by atoms with E-state index in [1.165, 1.54) is 7.11 Å². The monoisotopic (exact) mass is 434 g/mol. The first-order valence-corrected chi connectivity index (χ1v) is 10.4. The number of amides is 1. The lowest BCUT2D eigenvalue weighted by atomic mass is 10.00. The van der Waals surface area contributed by atoms with E-state index in [1.54, 1.807) is 24.3 Å². The first-order valence-electron chi connectivity index (χ1n) is 10.4. The number of carbonyl (C=O) groups excluding carboxylic acids is 1. The van der Waals surface area contributed by atoms with Gasteiger partial charge in [-0.1, -0.05) is 66.7 Å². The van der Waals surface area contributed by atoms with Gasteiger partial charge in [0.25, 0.3) is 5.91 Å². The maximum Gasteiger partial charge on any atom is 0.262 e. The van der Waals surface area contributed by atoms with Crippen molar-refractivity contribution in [3.63, 3.8) is 0 Å². The number of anilines is 1. The number of para-hydroxylation sites is 2. The van der Waals surface area contributed by atoms with Crippen molar-refractivity contribution >= 4 is 34.0 Å². The molecule has 0 unspecified atom stereocenters. The Morgan fingerprint density at radius 3 is 2.45 bits per heavy atom. The molecular weight excluding hydrogens is 412 g/mol. The molecule has 0 bridgehead atoms. The van der Waals surface area contributed by atoms with Gasteiger partial charge >= 0.3 is 0 Å². The van der Waals surface area contributed by atoms with Crippen molar-refractivity contribution < 1.29 is 14.3 Å². The van der Waals surface area contributed by atoms with Crippen molar-refractivity contribution in [3.8, 4) is 17.6 Å². The van der Waals surface area contributed by atoms with Crippen LogP contribution in [-0.4, -0.2) is 19.6 Å². The second kappa shape index (κ2) is 10.2. The van der Waals surface area contributed by atoms with Crippen LogP contribution < -0.4 is 14.8 Å². The maximum atomic E-state index is 12.4. The molecule has 0 aliphatic carbocycles. The Morgan fingerprint density at radius 2 is 1.70 bits per heavy atom. The van der Waals surface area contributed by atoms with Gasteiger partial charge in [-0.15, -0.1) is 0 Å². The van der Waals surface area contributed by atoms with Crippen LogP contribution in [0.5, 0.6) is 11.5 Å². The van der Waals surface area contributed by atoms with E-state index in [9.17, 15) is 10.1 Å². The zero-order valence-electron chi connectivity index (χ0n) is 18.1. The molecule has 0 saturated carbocycles. The van der Waals surface area contributed by atoms with Gasteiger partial charge in [0.05, 0.1) is 18.8 Å². The molecule has 0 spiro atoms. The van der Waals surface area contributed by atoms with Crippen LogP contribution in [0.4, 0.5) is 5.69 Å². The third kappa shape index (κ3) is 5.20. The van der Waals surface area contributed by atoms with E-state index >= 15 is 0 Å². The summed E-state index contributed by atoms with van der Waals surface area (Å²) in [5.74, 6) is 0.584. The Balaban J connectivity index is 1.62. The highest BCUT2D eigenvalue weighted by Crippen LogP contribution is 2.34. The van der Waals surface area contributed by atoms with Crippen molar-refractivity contribution in [2.24, 2.45) is 0 Å². The number of benzene rings is 4. The third-order valence-corrected chi connectivity index (χ3v) is 5.12. The molecule has 4 aromatic rings. The van der Waals surface area contributed by atoms with E-state index in [0.29, 0.717) is 28.3 Å². The molecule has 33 heavy (non-hydrogen) atoms. The summed E-state index contributed by atoms with van der Waals surface area (Å²) in [6.45, 7) is -0.200. The number of fused-ring (bicyclic) bond motifs is 1. The zero-order chi connectivity index (χ0) is 23.0. The average Bonchev–Trinajstić information content (AvgIpc) is 2.86. The largest absolute Gasteiger partial charge is 0.493 e. The lowest BCUT2D eigenvalue weighted by Gasteiger charge is -2.14. The normalized spacial score (nSPS) is 11.0. The topological polar surface area (TPSA) is 71.3 Å². The van der Waals surface area contributed by atoms with Gasteiger partial charge in [-0.05, 0) is 46.7 Å². The molecule has 1 N–H and O–H groups in total. The molecule has 0 atom stereocenters. The van der Waals surface area contributed by atoms with Gasteiger partial charge in [0.15, 0.2) is 18.1 Å². The van der Waals surface area contributed by atoms with E-state index in [-0.39, 0.29) is 12.5 Å². The minimum atomic E-state index is -0.294. The second-order valence-electron chi connectivity index (χ2n) is 7.31. The summed E-state index contributed by atoms with van der Waals surface area (Å²) in [4.78, 5) is 12.4. The van der Waals surface area contributed by atoms with Crippen molar-refractivity contribution in [2.75, 3.05) is 19.0 Å². The summed E-state index contributed by atoms with van der Waals surface area (Å²) in [5.41, 5.74) is 2.61. The predicted octanol–water partition coefficient (Wildman–Crippen LogP) is 5.93. The minimum Gasteiger partial charge on any atom is -0.493 e. The van der Waals surface area contributed by atoms with Gasteiger partial charge in [-0.25, -0.2) is 0 Å². The maximum absolute atomic E-state index is 12.4. The van der Waals surface area contributed by atoms with E-state index < -0.39 is 0 Å². The molecule has 5 nitrogen and oxygen atoms in total. The molecule has 0 aromatic heterocycles. The Morgan fingerprint density at radius 1 is 0.939 bits per heavy atom. The molecule has 1 amide bonds. The molecule has 0 saturated heterocycles. The highest BCUT2D eigenvalue weighted by atomic mass is 16.5. The molecule has 0 heterocycles. The highest BCUT2D eigenvalue weighted by Gasteiger charge is 2.13. The van der Waals surface area contributed by atoms with Gasteiger partial charge in [0, 0.05) is 11.3 Å². The fraction of sp³-hybridized carbons (Fsp3) is 0.0714. The Kier molecular flexibility index (Phi) is 6.67. The van der Waals surface area contributed by atoms with E-state index in [4.69, 9.17) is 9.47 Å². The minimum absolute atomic E-state index is 0.200. The predicted molar refractivity (Wildman–Crippen MR) is 131 cm³/mol. The standard InChI is InChI=1S/C28H22N2O3/c1-32-26-13-7-10-23(28(26)33-19-27(31)30-25-11-3-2-4-12-25)17-24(18-29)22-15-14-20-8-5-6-9-21(20)16-22/h2-17H,19H2,1H3,(H,30,31)/b24-17-. The van der Waals surface area contributed by atoms with Crippen LogP contribution in [0.25, 0.3) is 22.4 Å². The summed E-state index contributed by atoms with van der Waals surface area (Å²) >= 11 is 0. The van der Waals surface area contributed by atoms with E-state index in [2.05, 4.69) is 11.4 Å². The summed E-state index contributed by atoms with van der Waals surface area (Å²) in [5, 5.41) is 14.8. The molecule has 0 aliphatic rings. The quantitative estimate of drug-likeness (QED) is 0.289. The van der Waals surface area contributed by atoms with Gasteiger partial charge < -0.3 is 14.8 Å². The summed E-state index contributed by atoms with van der Waals surface area (Å²) in [7, 11) is 1.54. The number of hydrogen-bond donors (Lipinski definition) is 1. The summed E-state index contributed by atoms with van der Waals surface area (Å²) in [6, 6.07) is 30.7. The summed E-state index contributed by atoms with van der Waals surface area (Å²) < 4.78 is 11.3. The van der Waals surface area contributed by atoms with Gasteiger partial charge in [-0.2, -0.15) is 5.26 Å². The second-order valence-corrected chi connectivity index (χ2v) is 7.31. The smallest absolute Gasteiger partial charge is 0.262 e. The average molecular weight is 434 g/mol. The SMILES string of the molecule is COc1cccc(/C=C(/C#N)c2ccc3ccccc3c2)c1OCC(=O)Nc1ccccc1. The van der Waals surface area contributed by atoms with Crippen LogP contribution in [0.3, 0.4) is 0 Å². The molecule has 4 aromatic carbocycles. The fourth-order valence-electron chi connectivity index (χ4n) is 3.51. The van der Waals surface area contributed by atoms with Crippen LogP contribution in [0.1, 0.15) is 11.1 Å². The third-order valence-electron chi connectivity index (χ3n) is 5.12. The lowest BCUT2D eigenvalue weighted by Crippen LogP contribution is -2.20. The molecule has 0 radical (unpaired) electrons. The number of nitriles is 1. The zero-order valence-corrected chi connectivity index (χ0v) is 18.1. The highest BCUT2D eigenvalue weighted by molar-refractivity contribution is 5.95.